The standard InChI is InChI=1S/C29H24N4O/c34-29(26-11-5-9-22-7-3-4-10-25(22)26)33-18-16-32(17-19-33)28-15-14-27(30-31-28)24-13-12-21-6-1-2-8-23(21)20-24/h1-15,20H,16-19H2. The number of benzene rings is 4. The number of amides is 1. The summed E-state index contributed by atoms with van der Waals surface area (Å²) in [5, 5.41) is 13.5. The molecule has 0 aliphatic carbocycles. The van der Waals surface area contributed by atoms with E-state index in [4.69, 9.17) is 0 Å². The van der Waals surface area contributed by atoms with E-state index >= 15 is 0 Å². The van der Waals surface area contributed by atoms with Gasteiger partial charge in [-0.05, 0) is 45.8 Å². The van der Waals surface area contributed by atoms with Crippen LogP contribution in [0.2, 0.25) is 0 Å². The number of hydrogen-bond acceptors (Lipinski definition) is 4. The maximum Gasteiger partial charge on any atom is 0.254 e. The SMILES string of the molecule is O=C(c1cccc2ccccc12)N1CCN(c2ccc(-c3ccc4ccccc4c3)nn2)CC1. The zero-order chi connectivity index (χ0) is 22.9. The van der Waals surface area contributed by atoms with Gasteiger partial charge in [0.15, 0.2) is 5.82 Å². The summed E-state index contributed by atoms with van der Waals surface area (Å²) < 4.78 is 0. The lowest BCUT2D eigenvalue weighted by Gasteiger charge is -2.35. The van der Waals surface area contributed by atoms with Crippen LogP contribution in [0.1, 0.15) is 10.4 Å². The molecule has 1 fully saturated rings. The molecule has 0 spiro atoms. The third-order valence-corrected chi connectivity index (χ3v) is 6.61. The molecule has 1 aliphatic heterocycles. The summed E-state index contributed by atoms with van der Waals surface area (Å²) in [6.45, 7) is 2.80. The van der Waals surface area contributed by atoms with Crippen molar-refractivity contribution in [3.05, 3.63) is 103 Å². The first-order valence-corrected chi connectivity index (χ1v) is 11.6. The van der Waals surface area contributed by atoms with E-state index < -0.39 is 0 Å². The van der Waals surface area contributed by atoms with E-state index in [0.717, 1.165) is 46.5 Å². The molecule has 0 N–H and O–H groups in total. The summed E-state index contributed by atoms with van der Waals surface area (Å²) in [4.78, 5) is 17.4. The van der Waals surface area contributed by atoms with Gasteiger partial charge >= 0.3 is 0 Å². The minimum absolute atomic E-state index is 0.0918. The van der Waals surface area contributed by atoms with Gasteiger partial charge in [-0.3, -0.25) is 4.79 Å². The Morgan fingerprint density at radius 1 is 0.647 bits per heavy atom. The van der Waals surface area contributed by atoms with Gasteiger partial charge in [-0.2, -0.15) is 0 Å². The summed E-state index contributed by atoms with van der Waals surface area (Å²) >= 11 is 0. The number of fused-ring (bicyclic) bond motifs is 2. The number of carbonyl (C=O) groups excluding carboxylic acids is 1. The lowest BCUT2D eigenvalue weighted by atomic mass is 10.0. The summed E-state index contributed by atoms with van der Waals surface area (Å²) in [6, 6.07) is 32.7. The molecule has 1 saturated heterocycles. The van der Waals surface area contributed by atoms with Gasteiger partial charge in [0.05, 0.1) is 5.69 Å². The molecule has 5 aromatic rings. The zero-order valence-electron chi connectivity index (χ0n) is 18.8. The first-order chi connectivity index (χ1) is 16.8. The summed E-state index contributed by atoms with van der Waals surface area (Å²) in [6.07, 6.45) is 0. The third-order valence-electron chi connectivity index (χ3n) is 6.61. The van der Waals surface area contributed by atoms with Gasteiger partial charge in [0.1, 0.15) is 0 Å². The minimum Gasteiger partial charge on any atom is -0.352 e. The Labute approximate surface area is 198 Å². The van der Waals surface area contributed by atoms with E-state index in [1.807, 2.05) is 71.6 Å². The van der Waals surface area contributed by atoms with Crippen molar-refractivity contribution in [1.29, 1.82) is 0 Å². The Hall–Kier alpha value is -4.25. The number of hydrogen-bond donors (Lipinski definition) is 0. The third kappa shape index (κ3) is 3.75. The maximum atomic E-state index is 13.2. The molecule has 5 nitrogen and oxygen atoms in total. The highest BCUT2D eigenvalue weighted by Gasteiger charge is 2.24. The van der Waals surface area contributed by atoms with E-state index in [9.17, 15) is 4.79 Å². The lowest BCUT2D eigenvalue weighted by Crippen LogP contribution is -2.49. The van der Waals surface area contributed by atoms with E-state index in [0.29, 0.717) is 13.1 Å². The highest BCUT2D eigenvalue weighted by molar-refractivity contribution is 6.07. The van der Waals surface area contributed by atoms with Crippen LogP contribution in [0.5, 0.6) is 0 Å². The quantitative estimate of drug-likeness (QED) is 0.373. The van der Waals surface area contributed by atoms with Crippen molar-refractivity contribution in [1.82, 2.24) is 15.1 Å². The number of anilines is 1. The predicted octanol–water partition coefficient (Wildman–Crippen LogP) is 5.41. The van der Waals surface area contributed by atoms with Crippen molar-refractivity contribution in [2.24, 2.45) is 0 Å². The van der Waals surface area contributed by atoms with Crippen molar-refractivity contribution in [2.45, 2.75) is 0 Å². The maximum absolute atomic E-state index is 13.2. The minimum atomic E-state index is 0.0918. The molecule has 1 amide bonds. The van der Waals surface area contributed by atoms with Gasteiger partial charge in [-0.1, -0.05) is 72.8 Å². The Balaban J connectivity index is 1.15. The van der Waals surface area contributed by atoms with Crippen LogP contribution in [-0.2, 0) is 0 Å². The Morgan fingerprint density at radius 2 is 1.38 bits per heavy atom. The molecular formula is C29H24N4O. The smallest absolute Gasteiger partial charge is 0.254 e. The Kier molecular flexibility index (Phi) is 5.15. The molecule has 1 aliphatic rings. The van der Waals surface area contributed by atoms with Gasteiger partial charge in [-0.25, -0.2) is 0 Å². The van der Waals surface area contributed by atoms with E-state index in [-0.39, 0.29) is 5.91 Å². The van der Waals surface area contributed by atoms with Gasteiger partial charge in [-0.15, -0.1) is 10.2 Å². The number of rotatable bonds is 3. The van der Waals surface area contributed by atoms with E-state index in [2.05, 4.69) is 45.4 Å². The van der Waals surface area contributed by atoms with Crippen LogP contribution in [0.15, 0.2) is 97.1 Å². The lowest BCUT2D eigenvalue weighted by molar-refractivity contribution is 0.0748. The summed E-state index contributed by atoms with van der Waals surface area (Å²) in [5.74, 6) is 0.941. The van der Waals surface area contributed by atoms with Crippen molar-refractivity contribution in [3.63, 3.8) is 0 Å². The topological polar surface area (TPSA) is 49.3 Å². The van der Waals surface area contributed by atoms with Gasteiger partial charge in [0, 0.05) is 37.3 Å². The molecule has 166 valence electrons. The van der Waals surface area contributed by atoms with Crippen molar-refractivity contribution in [3.8, 4) is 11.3 Å². The van der Waals surface area contributed by atoms with Gasteiger partial charge in [0.25, 0.3) is 5.91 Å². The zero-order valence-corrected chi connectivity index (χ0v) is 18.8. The number of piperazine rings is 1. The molecule has 0 radical (unpaired) electrons. The molecule has 0 saturated carbocycles. The van der Waals surface area contributed by atoms with Crippen molar-refractivity contribution < 1.29 is 4.79 Å². The van der Waals surface area contributed by atoms with Crippen molar-refractivity contribution in [2.75, 3.05) is 31.1 Å². The average molecular weight is 445 g/mol. The molecule has 0 unspecified atom stereocenters. The van der Waals surface area contributed by atoms with Gasteiger partial charge in [0.2, 0.25) is 0 Å². The molecule has 6 rings (SSSR count). The molecule has 1 aromatic heterocycles. The highest BCUT2D eigenvalue weighted by atomic mass is 16.2. The van der Waals surface area contributed by atoms with Crippen molar-refractivity contribution >= 4 is 33.3 Å². The fourth-order valence-corrected chi connectivity index (χ4v) is 4.72. The number of nitrogens with zero attached hydrogens (tertiary/aromatic N) is 4. The number of carbonyl (C=O) groups is 1. The predicted molar refractivity (Wildman–Crippen MR) is 137 cm³/mol. The number of aromatic nitrogens is 2. The highest BCUT2D eigenvalue weighted by Crippen LogP contribution is 2.25. The second-order valence-electron chi connectivity index (χ2n) is 8.64. The van der Waals surface area contributed by atoms with Crippen LogP contribution in [0, 0.1) is 0 Å². The fraction of sp³-hybridized carbons (Fsp3) is 0.138. The monoisotopic (exact) mass is 444 g/mol. The molecule has 4 aromatic carbocycles. The molecular weight excluding hydrogens is 420 g/mol. The fourth-order valence-electron chi connectivity index (χ4n) is 4.72. The summed E-state index contributed by atoms with van der Waals surface area (Å²) in [5.41, 5.74) is 2.69. The normalized spacial score (nSPS) is 14.0. The molecule has 0 bridgehead atoms. The van der Waals surface area contributed by atoms with Crippen LogP contribution in [0.25, 0.3) is 32.8 Å². The largest absolute Gasteiger partial charge is 0.352 e. The van der Waals surface area contributed by atoms with Crippen LogP contribution in [0.3, 0.4) is 0 Å². The Bertz CT molecular complexity index is 1480. The van der Waals surface area contributed by atoms with Crippen LogP contribution >= 0.6 is 0 Å². The molecule has 5 heteroatoms. The molecule has 0 atom stereocenters. The second-order valence-corrected chi connectivity index (χ2v) is 8.64. The van der Waals surface area contributed by atoms with Gasteiger partial charge < -0.3 is 9.80 Å². The van der Waals surface area contributed by atoms with Crippen LogP contribution in [-0.4, -0.2) is 47.2 Å². The van der Waals surface area contributed by atoms with Crippen LogP contribution in [0.4, 0.5) is 5.82 Å². The molecule has 2 heterocycles. The Morgan fingerprint density at radius 3 is 2.18 bits per heavy atom. The van der Waals surface area contributed by atoms with E-state index in [1.54, 1.807) is 0 Å². The summed E-state index contributed by atoms with van der Waals surface area (Å²) in [7, 11) is 0. The second kappa shape index (κ2) is 8.60. The molecule has 34 heavy (non-hydrogen) atoms. The first-order valence-electron chi connectivity index (χ1n) is 11.6. The first kappa shape index (κ1) is 20.4. The average Bonchev–Trinajstić information content (AvgIpc) is 2.92. The van der Waals surface area contributed by atoms with Crippen LogP contribution < -0.4 is 4.90 Å². The van der Waals surface area contributed by atoms with E-state index in [1.165, 1.54) is 10.8 Å².